The van der Waals surface area contributed by atoms with Crippen molar-refractivity contribution in [3.8, 4) is 0 Å². The van der Waals surface area contributed by atoms with Crippen LogP contribution in [-0.2, 0) is 37.3 Å². The van der Waals surface area contributed by atoms with Crippen LogP contribution in [0.5, 0.6) is 0 Å². The fourth-order valence-corrected chi connectivity index (χ4v) is 8.93. The third-order valence-corrected chi connectivity index (χ3v) is 12.4. The molecule has 6 aromatic carbocycles. The van der Waals surface area contributed by atoms with Crippen LogP contribution < -0.4 is 9.80 Å². The van der Waals surface area contributed by atoms with E-state index in [0.29, 0.717) is 13.2 Å². The van der Waals surface area contributed by atoms with Crippen molar-refractivity contribution < 1.29 is 19.1 Å². The number of aryl methyl sites for hydroxylation is 4. The molecule has 0 spiro atoms. The van der Waals surface area contributed by atoms with E-state index >= 15 is 0 Å². The van der Waals surface area contributed by atoms with Crippen molar-refractivity contribution >= 4 is 46.1 Å². The number of allylic oxidation sites excluding steroid dienone is 2. The molecule has 7 rings (SSSR count). The molecule has 0 atom stereocenters. The Kier molecular flexibility index (Phi) is 15.7. The van der Waals surface area contributed by atoms with Crippen LogP contribution >= 0.6 is 0 Å². The molecule has 0 N–H and O–H groups in total. The molecule has 0 aliphatic heterocycles. The molecular weight excluding hydrogens is 789 g/mol. The summed E-state index contributed by atoms with van der Waals surface area (Å²) in [6.45, 7) is 8.66. The SMILES string of the molecule is C/C=C/C(=O)OCCCc1ccc(N(c2ccc(CCCOC(=O)/C=C/C)cc2)c2ccc(C3(c4ccc(N(c5ccc(C)cc5)c5ccc(C)cc5)cc4)CCCCC3)cc2)cc1. The van der Waals surface area contributed by atoms with Crippen molar-refractivity contribution in [1.82, 2.24) is 0 Å². The highest BCUT2D eigenvalue weighted by Gasteiger charge is 2.36. The van der Waals surface area contributed by atoms with Crippen molar-refractivity contribution in [3.05, 3.63) is 203 Å². The summed E-state index contributed by atoms with van der Waals surface area (Å²) in [7, 11) is 0. The Bertz CT molecular complexity index is 2340. The molecule has 1 aliphatic carbocycles. The highest BCUT2D eigenvalue weighted by atomic mass is 16.5. The van der Waals surface area contributed by atoms with Gasteiger partial charge in [0.15, 0.2) is 0 Å². The number of carbonyl (C=O) groups is 2. The van der Waals surface area contributed by atoms with E-state index < -0.39 is 0 Å². The molecule has 0 saturated heterocycles. The molecule has 0 unspecified atom stereocenters. The van der Waals surface area contributed by atoms with Crippen LogP contribution in [0.3, 0.4) is 0 Å². The third kappa shape index (κ3) is 11.5. The normalized spacial score (nSPS) is 13.5. The number of benzene rings is 6. The third-order valence-electron chi connectivity index (χ3n) is 12.4. The van der Waals surface area contributed by atoms with Gasteiger partial charge in [0.1, 0.15) is 0 Å². The molecule has 0 bridgehead atoms. The molecule has 1 fully saturated rings. The number of anilines is 6. The highest BCUT2D eigenvalue weighted by molar-refractivity contribution is 5.82. The minimum Gasteiger partial charge on any atom is -0.463 e. The molecule has 64 heavy (non-hydrogen) atoms. The Morgan fingerprint density at radius 2 is 0.781 bits per heavy atom. The lowest BCUT2D eigenvalue weighted by atomic mass is 9.65. The second kappa shape index (κ2) is 22.1. The van der Waals surface area contributed by atoms with Gasteiger partial charge in [-0.1, -0.05) is 115 Å². The molecule has 0 heterocycles. The molecule has 0 amide bonds. The monoisotopic (exact) mass is 850 g/mol. The van der Waals surface area contributed by atoms with E-state index in [9.17, 15) is 9.59 Å². The van der Waals surface area contributed by atoms with Gasteiger partial charge in [-0.3, -0.25) is 0 Å². The smallest absolute Gasteiger partial charge is 0.330 e. The predicted molar refractivity (Wildman–Crippen MR) is 264 cm³/mol. The zero-order valence-electron chi connectivity index (χ0n) is 38.0. The lowest BCUT2D eigenvalue weighted by Crippen LogP contribution is -2.30. The van der Waals surface area contributed by atoms with Crippen LogP contribution in [0.1, 0.15) is 92.2 Å². The topological polar surface area (TPSA) is 59.1 Å². The van der Waals surface area contributed by atoms with Gasteiger partial charge in [-0.05, 0) is 161 Å². The summed E-state index contributed by atoms with van der Waals surface area (Å²) < 4.78 is 10.7. The largest absolute Gasteiger partial charge is 0.463 e. The number of ether oxygens (including phenoxy) is 2. The molecule has 328 valence electrons. The maximum atomic E-state index is 11.8. The Labute approximate surface area is 380 Å². The molecule has 0 aromatic heterocycles. The molecule has 0 radical (unpaired) electrons. The van der Waals surface area contributed by atoms with Crippen LogP contribution in [0.25, 0.3) is 0 Å². The van der Waals surface area contributed by atoms with Crippen molar-refractivity contribution in [2.75, 3.05) is 23.0 Å². The summed E-state index contributed by atoms with van der Waals surface area (Å²) in [5.74, 6) is -0.602. The van der Waals surface area contributed by atoms with Crippen molar-refractivity contribution in [1.29, 1.82) is 0 Å². The van der Waals surface area contributed by atoms with Gasteiger partial charge in [-0.2, -0.15) is 0 Å². The molecule has 1 saturated carbocycles. The van der Waals surface area contributed by atoms with E-state index in [1.54, 1.807) is 12.2 Å². The second-order valence-corrected chi connectivity index (χ2v) is 17.0. The molecular formula is C58H62N2O4. The van der Waals surface area contributed by atoms with Gasteiger partial charge in [-0.15, -0.1) is 0 Å². The Morgan fingerprint density at radius 3 is 1.11 bits per heavy atom. The Hall–Kier alpha value is -6.66. The maximum Gasteiger partial charge on any atom is 0.330 e. The van der Waals surface area contributed by atoms with Crippen molar-refractivity contribution in [2.24, 2.45) is 0 Å². The summed E-state index contributed by atoms with van der Waals surface area (Å²) in [5.41, 5.74) is 14.2. The van der Waals surface area contributed by atoms with E-state index in [0.717, 1.165) is 72.6 Å². The molecule has 6 aromatic rings. The maximum absolute atomic E-state index is 11.8. The summed E-state index contributed by atoms with van der Waals surface area (Å²) in [5, 5.41) is 0. The van der Waals surface area contributed by atoms with Gasteiger partial charge >= 0.3 is 11.9 Å². The van der Waals surface area contributed by atoms with Crippen molar-refractivity contribution in [2.45, 2.75) is 90.9 Å². The number of esters is 2. The van der Waals surface area contributed by atoms with Gasteiger partial charge in [0.2, 0.25) is 0 Å². The van der Waals surface area contributed by atoms with Gasteiger partial charge in [-0.25, -0.2) is 9.59 Å². The zero-order valence-corrected chi connectivity index (χ0v) is 38.0. The standard InChI is InChI=1S/C58H62N2O4/c1-5-12-56(61)63-42-10-14-46-20-32-52(33-21-46)60(53-34-22-47(23-35-53)15-11-43-64-57(62)13-6-2)55-38-26-49(27-39-55)58(40-8-7-9-41-58)48-24-36-54(37-25-48)59(50-28-16-44(3)17-29-50)51-30-18-45(4)19-31-51/h5-6,12-13,16-39H,7-11,14-15,40-43H2,1-4H3/b12-5+,13-6+. The zero-order chi connectivity index (χ0) is 44.7. The first-order chi connectivity index (χ1) is 31.3. The van der Waals surface area contributed by atoms with E-state index in [1.807, 2.05) is 13.8 Å². The minimum atomic E-state index is -0.301. The van der Waals surface area contributed by atoms with Gasteiger partial charge in [0.05, 0.1) is 13.2 Å². The van der Waals surface area contributed by atoms with E-state index in [2.05, 4.69) is 169 Å². The number of hydrogen-bond acceptors (Lipinski definition) is 6. The van der Waals surface area contributed by atoms with Crippen LogP contribution in [0, 0.1) is 13.8 Å². The molecule has 6 heteroatoms. The first kappa shape index (κ1) is 45.4. The van der Waals surface area contributed by atoms with Gasteiger partial charge in [0, 0.05) is 51.7 Å². The van der Waals surface area contributed by atoms with Crippen LogP contribution in [-0.4, -0.2) is 25.2 Å². The number of hydrogen-bond donors (Lipinski definition) is 0. The van der Waals surface area contributed by atoms with Gasteiger partial charge < -0.3 is 19.3 Å². The molecule has 1 aliphatic rings. The average molecular weight is 851 g/mol. The van der Waals surface area contributed by atoms with Crippen LogP contribution in [0.2, 0.25) is 0 Å². The summed E-state index contributed by atoms with van der Waals surface area (Å²) >= 11 is 0. The number of rotatable bonds is 18. The van der Waals surface area contributed by atoms with Crippen molar-refractivity contribution in [3.63, 3.8) is 0 Å². The summed E-state index contributed by atoms with van der Waals surface area (Å²) in [4.78, 5) is 28.2. The first-order valence-corrected chi connectivity index (χ1v) is 23.0. The minimum absolute atomic E-state index is 0.0791. The second-order valence-electron chi connectivity index (χ2n) is 17.0. The van der Waals surface area contributed by atoms with E-state index in [-0.39, 0.29) is 17.4 Å². The number of carbonyl (C=O) groups excluding carboxylic acids is 2. The lowest BCUT2D eigenvalue weighted by molar-refractivity contribution is -0.138. The summed E-state index contributed by atoms with van der Waals surface area (Å²) in [6.07, 6.45) is 15.3. The highest BCUT2D eigenvalue weighted by Crippen LogP contribution is 2.47. The fraction of sp³-hybridized carbons (Fsp3) is 0.276. The molecule has 6 nitrogen and oxygen atoms in total. The Morgan fingerprint density at radius 1 is 0.469 bits per heavy atom. The van der Waals surface area contributed by atoms with E-state index in [1.165, 1.54) is 64.8 Å². The summed E-state index contributed by atoms with van der Waals surface area (Å²) in [6, 6.07) is 53.7. The average Bonchev–Trinajstić information content (AvgIpc) is 3.32. The predicted octanol–water partition coefficient (Wildman–Crippen LogP) is 14.6. The van der Waals surface area contributed by atoms with E-state index in [4.69, 9.17) is 9.47 Å². The Balaban J connectivity index is 1.16. The quantitative estimate of drug-likeness (QED) is 0.0488. The number of nitrogens with zero attached hydrogens (tertiary/aromatic N) is 2. The van der Waals surface area contributed by atoms with Gasteiger partial charge in [0.25, 0.3) is 0 Å². The van der Waals surface area contributed by atoms with Crippen LogP contribution in [0.15, 0.2) is 170 Å². The lowest BCUT2D eigenvalue weighted by Gasteiger charge is -2.39. The fourth-order valence-electron chi connectivity index (χ4n) is 8.93. The first-order valence-electron chi connectivity index (χ1n) is 23.0. The van der Waals surface area contributed by atoms with Crippen LogP contribution in [0.4, 0.5) is 34.1 Å².